The molecule has 0 unspecified atom stereocenters. The molecule has 0 aliphatic carbocycles. The second-order valence-electron chi connectivity index (χ2n) is 5.14. The van der Waals surface area contributed by atoms with E-state index in [9.17, 15) is 23.5 Å². The zero-order chi connectivity index (χ0) is 18.8. The van der Waals surface area contributed by atoms with Crippen molar-refractivity contribution in [3.63, 3.8) is 0 Å². The molecular weight excluding hydrogens is 364 g/mol. The number of benzene rings is 2. The van der Waals surface area contributed by atoms with Crippen molar-refractivity contribution in [2.24, 2.45) is 0 Å². The Morgan fingerprint density at radius 2 is 1.54 bits per heavy atom. The van der Waals surface area contributed by atoms with E-state index in [0.717, 1.165) is 40.5 Å². The lowest BCUT2D eigenvalue weighted by atomic mass is 10.1. The molecule has 3 aromatic rings. The fraction of sp³-hybridized carbons (Fsp3) is 0. The maximum atomic E-state index is 13.1. The predicted molar refractivity (Wildman–Crippen MR) is 92.9 cm³/mol. The summed E-state index contributed by atoms with van der Waals surface area (Å²) in [4.78, 5) is 28.9. The van der Waals surface area contributed by atoms with Gasteiger partial charge in [0.2, 0.25) is 10.9 Å². The number of nitrogens with two attached hydrogens (primary N) is 1. The number of carboxylic acid groups (broad SMARTS) is 1. The van der Waals surface area contributed by atoms with Crippen LogP contribution in [-0.4, -0.2) is 22.0 Å². The van der Waals surface area contributed by atoms with Gasteiger partial charge in [-0.15, -0.1) is 0 Å². The summed E-state index contributed by atoms with van der Waals surface area (Å²) in [7, 11) is 0. The van der Waals surface area contributed by atoms with Gasteiger partial charge in [0.1, 0.15) is 22.3 Å². The van der Waals surface area contributed by atoms with Crippen molar-refractivity contribution in [3.05, 3.63) is 70.6 Å². The molecule has 3 rings (SSSR count). The zero-order valence-electron chi connectivity index (χ0n) is 13.0. The Hall–Kier alpha value is -3.33. The molecule has 0 saturated carbocycles. The lowest BCUT2D eigenvalue weighted by Crippen LogP contribution is -2.23. The first-order chi connectivity index (χ1) is 12.4. The number of rotatable bonds is 4. The quantitative estimate of drug-likeness (QED) is 0.671. The monoisotopic (exact) mass is 375 g/mol. The zero-order valence-corrected chi connectivity index (χ0v) is 13.8. The fourth-order valence-electron chi connectivity index (χ4n) is 2.20. The van der Waals surface area contributed by atoms with Crippen LogP contribution < -0.4 is 10.6 Å². The number of carbonyl (C=O) groups excluding carboxylic acids is 1. The van der Waals surface area contributed by atoms with E-state index in [4.69, 9.17) is 5.73 Å². The molecule has 9 heteroatoms. The van der Waals surface area contributed by atoms with Crippen molar-refractivity contribution < 1.29 is 23.5 Å². The smallest absolute Gasteiger partial charge is 0.418 e. The SMILES string of the molecule is Nc1nc(N(C(=O)O)c2ccc(F)cc2)sc1C(=O)c1ccc(F)cc1. The van der Waals surface area contributed by atoms with E-state index < -0.39 is 23.5 Å². The van der Waals surface area contributed by atoms with E-state index in [2.05, 4.69) is 4.98 Å². The third-order valence-electron chi connectivity index (χ3n) is 3.42. The number of nitrogen functional groups attached to an aromatic ring is 1. The Morgan fingerprint density at radius 1 is 1.00 bits per heavy atom. The second-order valence-corrected chi connectivity index (χ2v) is 6.12. The number of aromatic nitrogens is 1. The molecule has 0 spiro atoms. The van der Waals surface area contributed by atoms with Crippen LogP contribution in [-0.2, 0) is 0 Å². The third kappa shape index (κ3) is 3.38. The van der Waals surface area contributed by atoms with Gasteiger partial charge in [-0.25, -0.2) is 23.5 Å². The van der Waals surface area contributed by atoms with Gasteiger partial charge in [-0.05, 0) is 48.5 Å². The van der Waals surface area contributed by atoms with Crippen LogP contribution in [0, 0.1) is 11.6 Å². The van der Waals surface area contributed by atoms with Crippen LogP contribution in [0.1, 0.15) is 15.2 Å². The van der Waals surface area contributed by atoms with Crippen molar-refractivity contribution in [1.82, 2.24) is 4.98 Å². The van der Waals surface area contributed by atoms with Crippen molar-refractivity contribution in [1.29, 1.82) is 0 Å². The highest BCUT2D eigenvalue weighted by atomic mass is 32.1. The number of nitrogens with zero attached hydrogens (tertiary/aromatic N) is 2. The maximum absolute atomic E-state index is 13.1. The molecule has 6 nitrogen and oxygen atoms in total. The average Bonchev–Trinajstić information content (AvgIpc) is 2.98. The van der Waals surface area contributed by atoms with Crippen molar-refractivity contribution in [3.8, 4) is 0 Å². The molecule has 0 saturated heterocycles. The van der Waals surface area contributed by atoms with E-state index >= 15 is 0 Å². The molecular formula is C17H11F2N3O3S. The van der Waals surface area contributed by atoms with Gasteiger partial charge in [0, 0.05) is 5.56 Å². The van der Waals surface area contributed by atoms with Crippen molar-refractivity contribution in [2.75, 3.05) is 10.6 Å². The van der Waals surface area contributed by atoms with E-state index in [1.807, 2.05) is 0 Å². The Morgan fingerprint density at radius 3 is 2.08 bits per heavy atom. The number of hydrogen-bond acceptors (Lipinski definition) is 5. The number of ketones is 1. The lowest BCUT2D eigenvalue weighted by molar-refractivity contribution is 0.104. The molecule has 26 heavy (non-hydrogen) atoms. The molecule has 132 valence electrons. The minimum atomic E-state index is -1.37. The molecule has 1 heterocycles. The highest BCUT2D eigenvalue weighted by molar-refractivity contribution is 7.18. The van der Waals surface area contributed by atoms with Gasteiger partial charge >= 0.3 is 6.09 Å². The Balaban J connectivity index is 1.99. The molecule has 1 aromatic heterocycles. The molecule has 3 N–H and O–H groups in total. The molecule has 1 amide bonds. The average molecular weight is 375 g/mol. The van der Waals surface area contributed by atoms with E-state index in [1.54, 1.807) is 0 Å². The summed E-state index contributed by atoms with van der Waals surface area (Å²) in [5.41, 5.74) is 6.11. The summed E-state index contributed by atoms with van der Waals surface area (Å²) in [6, 6.07) is 9.60. The Bertz CT molecular complexity index is 972. The summed E-state index contributed by atoms with van der Waals surface area (Å²) >= 11 is 0.774. The third-order valence-corrected chi connectivity index (χ3v) is 4.48. The van der Waals surface area contributed by atoms with Gasteiger partial charge in [-0.2, -0.15) is 0 Å². The van der Waals surface area contributed by atoms with Crippen LogP contribution >= 0.6 is 11.3 Å². The van der Waals surface area contributed by atoms with Gasteiger partial charge in [0.15, 0.2) is 0 Å². The second kappa shape index (κ2) is 6.89. The minimum absolute atomic E-state index is 0.0277. The molecule has 2 aromatic carbocycles. The van der Waals surface area contributed by atoms with E-state index in [1.165, 1.54) is 24.3 Å². The summed E-state index contributed by atoms with van der Waals surface area (Å²) in [5.74, 6) is -1.67. The molecule has 0 radical (unpaired) electrons. The summed E-state index contributed by atoms with van der Waals surface area (Å²) in [6.45, 7) is 0. The van der Waals surface area contributed by atoms with Gasteiger partial charge in [0.25, 0.3) is 0 Å². The van der Waals surface area contributed by atoms with Gasteiger partial charge < -0.3 is 10.8 Å². The molecule has 0 fully saturated rings. The fourth-order valence-corrected chi connectivity index (χ4v) is 3.17. The maximum Gasteiger partial charge on any atom is 0.418 e. The Labute approximate surface area is 150 Å². The standard InChI is InChI=1S/C17H11F2N3O3S/c18-10-3-1-9(2-4-10)13(23)14-15(20)21-16(26-14)22(17(24)25)12-7-5-11(19)6-8-12/h1-8H,20H2,(H,24,25). The topological polar surface area (TPSA) is 96.5 Å². The van der Waals surface area contributed by atoms with Crippen LogP contribution in [0.3, 0.4) is 0 Å². The van der Waals surface area contributed by atoms with Crippen LogP contribution in [0.15, 0.2) is 48.5 Å². The summed E-state index contributed by atoms with van der Waals surface area (Å²) < 4.78 is 26.1. The largest absolute Gasteiger partial charge is 0.464 e. The van der Waals surface area contributed by atoms with Gasteiger partial charge in [0.05, 0.1) is 5.69 Å². The van der Waals surface area contributed by atoms with Gasteiger partial charge in [-0.3, -0.25) is 4.79 Å². The van der Waals surface area contributed by atoms with Crippen LogP contribution in [0.2, 0.25) is 0 Å². The van der Waals surface area contributed by atoms with Gasteiger partial charge in [-0.1, -0.05) is 11.3 Å². The number of anilines is 3. The number of hydrogen-bond donors (Lipinski definition) is 2. The van der Waals surface area contributed by atoms with E-state index in [0.29, 0.717) is 0 Å². The number of thiazole rings is 1. The van der Waals surface area contributed by atoms with Crippen LogP contribution in [0.25, 0.3) is 0 Å². The number of carbonyl (C=O) groups is 2. The molecule has 0 aliphatic heterocycles. The highest BCUT2D eigenvalue weighted by Crippen LogP contribution is 2.34. The van der Waals surface area contributed by atoms with Crippen molar-refractivity contribution in [2.45, 2.75) is 0 Å². The Kier molecular flexibility index (Phi) is 4.63. The predicted octanol–water partition coefficient (Wildman–Crippen LogP) is 4.05. The number of amides is 1. The first-order valence-electron chi connectivity index (χ1n) is 7.22. The lowest BCUT2D eigenvalue weighted by Gasteiger charge is -2.15. The normalized spacial score (nSPS) is 10.5. The first kappa shape index (κ1) is 17.5. The van der Waals surface area contributed by atoms with Crippen LogP contribution in [0.5, 0.6) is 0 Å². The molecule has 0 bridgehead atoms. The highest BCUT2D eigenvalue weighted by Gasteiger charge is 2.25. The van der Waals surface area contributed by atoms with Crippen LogP contribution in [0.4, 0.5) is 30.2 Å². The van der Waals surface area contributed by atoms with E-state index in [-0.39, 0.29) is 27.1 Å². The summed E-state index contributed by atoms with van der Waals surface area (Å²) in [5, 5.41) is 9.40. The summed E-state index contributed by atoms with van der Waals surface area (Å²) in [6.07, 6.45) is -1.37. The first-order valence-corrected chi connectivity index (χ1v) is 8.03. The minimum Gasteiger partial charge on any atom is -0.464 e. The molecule has 0 atom stereocenters. The van der Waals surface area contributed by atoms with Crippen molar-refractivity contribution >= 4 is 39.9 Å². The molecule has 0 aliphatic rings. The number of halogens is 2.